The number of hydrogen-bond acceptors (Lipinski definition) is 3. The molecule has 5 nitrogen and oxygen atoms in total. The first-order valence-electron chi connectivity index (χ1n) is 10.1. The van der Waals surface area contributed by atoms with Gasteiger partial charge in [0.2, 0.25) is 0 Å². The summed E-state index contributed by atoms with van der Waals surface area (Å²) >= 11 is 0. The SMILES string of the molecule is O=C(Nc1cccc2c1[C@@H](C[C@@H]1CCCCN1)NC2=O)c1cc(F)cc(C(F)(F)F)c1. The molecule has 31 heavy (non-hydrogen) atoms. The van der Waals surface area contributed by atoms with Gasteiger partial charge in [0.25, 0.3) is 11.8 Å². The summed E-state index contributed by atoms with van der Waals surface area (Å²) < 4.78 is 52.7. The molecule has 2 aromatic rings. The number of rotatable bonds is 4. The Kier molecular flexibility index (Phi) is 5.70. The zero-order valence-corrected chi connectivity index (χ0v) is 16.5. The highest BCUT2D eigenvalue weighted by Gasteiger charge is 2.34. The fourth-order valence-corrected chi connectivity index (χ4v) is 4.22. The summed E-state index contributed by atoms with van der Waals surface area (Å²) in [5.41, 5.74) is -0.365. The van der Waals surface area contributed by atoms with E-state index in [1.807, 2.05) is 0 Å². The molecule has 164 valence electrons. The molecule has 2 aliphatic heterocycles. The molecule has 0 aromatic heterocycles. The Morgan fingerprint density at radius 2 is 1.97 bits per heavy atom. The van der Waals surface area contributed by atoms with Crippen LogP contribution in [0.15, 0.2) is 36.4 Å². The third-order valence-electron chi connectivity index (χ3n) is 5.67. The molecule has 2 heterocycles. The summed E-state index contributed by atoms with van der Waals surface area (Å²) in [5, 5.41) is 8.90. The number of fused-ring (bicyclic) bond motifs is 1. The van der Waals surface area contributed by atoms with Crippen molar-refractivity contribution in [1.82, 2.24) is 10.6 Å². The van der Waals surface area contributed by atoms with Gasteiger partial charge in [0.1, 0.15) is 5.82 Å². The smallest absolute Gasteiger partial charge is 0.345 e. The van der Waals surface area contributed by atoms with E-state index in [0.29, 0.717) is 35.4 Å². The Hall–Kier alpha value is -2.94. The van der Waals surface area contributed by atoms with E-state index in [-0.39, 0.29) is 18.0 Å². The number of hydrogen-bond donors (Lipinski definition) is 3. The van der Waals surface area contributed by atoms with E-state index < -0.39 is 29.0 Å². The lowest BCUT2D eigenvalue weighted by Crippen LogP contribution is -2.37. The number of benzene rings is 2. The molecule has 2 aromatic carbocycles. The second-order valence-electron chi connectivity index (χ2n) is 7.86. The first-order chi connectivity index (χ1) is 14.7. The molecule has 0 aliphatic carbocycles. The molecular formula is C22H21F4N3O2. The molecule has 0 saturated carbocycles. The molecule has 0 spiro atoms. The molecule has 1 saturated heterocycles. The number of anilines is 1. The summed E-state index contributed by atoms with van der Waals surface area (Å²) in [7, 11) is 0. The van der Waals surface area contributed by atoms with Crippen molar-refractivity contribution in [2.75, 3.05) is 11.9 Å². The Balaban J connectivity index is 1.61. The number of carbonyl (C=O) groups excluding carboxylic acids is 2. The van der Waals surface area contributed by atoms with Crippen molar-refractivity contribution >= 4 is 17.5 Å². The van der Waals surface area contributed by atoms with Crippen LogP contribution in [0.2, 0.25) is 0 Å². The van der Waals surface area contributed by atoms with E-state index in [1.165, 1.54) is 0 Å². The molecule has 1 fully saturated rings. The van der Waals surface area contributed by atoms with Crippen LogP contribution in [0, 0.1) is 5.82 Å². The normalized spacial score (nSPS) is 20.8. The van der Waals surface area contributed by atoms with Crippen molar-refractivity contribution in [1.29, 1.82) is 0 Å². The van der Waals surface area contributed by atoms with Gasteiger partial charge in [-0.25, -0.2) is 4.39 Å². The van der Waals surface area contributed by atoms with Crippen LogP contribution in [0.1, 0.15) is 63.6 Å². The topological polar surface area (TPSA) is 70.2 Å². The highest BCUT2D eigenvalue weighted by atomic mass is 19.4. The van der Waals surface area contributed by atoms with Crippen LogP contribution in [0.3, 0.4) is 0 Å². The Morgan fingerprint density at radius 3 is 2.68 bits per heavy atom. The van der Waals surface area contributed by atoms with Gasteiger partial charge in [-0.1, -0.05) is 12.5 Å². The first kappa shape index (κ1) is 21.3. The van der Waals surface area contributed by atoms with E-state index in [2.05, 4.69) is 16.0 Å². The summed E-state index contributed by atoms with van der Waals surface area (Å²) in [5.74, 6) is -2.30. The average Bonchev–Trinajstić information content (AvgIpc) is 3.04. The van der Waals surface area contributed by atoms with Gasteiger partial charge in [0, 0.05) is 28.4 Å². The van der Waals surface area contributed by atoms with Crippen molar-refractivity contribution < 1.29 is 27.2 Å². The lowest BCUT2D eigenvalue weighted by atomic mass is 9.93. The first-order valence-corrected chi connectivity index (χ1v) is 10.1. The van der Waals surface area contributed by atoms with Crippen molar-refractivity contribution in [3.8, 4) is 0 Å². The lowest BCUT2D eigenvalue weighted by molar-refractivity contribution is -0.137. The maximum absolute atomic E-state index is 13.7. The van der Waals surface area contributed by atoms with Crippen LogP contribution < -0.4 is 16.0 Å². The van der Waals surface area contributed by atoms with Gasteiger partial charge in [0.05, 0.1) is 11.6 Å². The summed E-state index contributed by atoms with van der Waals surface area (Å²) in [4.78, 5) is 25.1. The molecule has 2 amide bonds. The second-order valence-corrected chi connectivity index (χ2v) is 7.86. The van der Waals surface area contributed by atoms with Gasteiger partial charge in [0.15, 0.2) is 0 Å². The third-order valence-corrected chi connectivity index (χ3v) is 5.67. The van der Waals surface area contributed by atoms with Crippen molar-refractivity contribution in [3.63, 3.8) is 0 Å². The van der Waals surface area contributed by atoms with E-state index >= 15 is 0 Å². The van der Waals surface area contributed by atoms with Crippen LogP contribution in [0.25, 0.3) is 0 Å². The number of halogens is 4. The molecule has 4 rings (SSSR count). The maximum atomic E-state index is 13.7. The molecule has 2 aliphatic rings. The monoisotopic (exact) mass is 435 g/mol. The van der Waals surface area contributed by atoms with Gasteiger partial charge < -0.3 is 16.0 Å². The van der Waals surface area contributed by atoms with Crippen molar-refractivity contribution in [2.45, 2.75) is 43.9 Å². The number of piperidine rings is 1. The van der Waals surface area contributed by atoms with E-state index in [0.717, 1.165) is 31.9 Å². The van der Waals surface area contributed by atoms with E-state index in [4.69, 9.17) is 0 Å². The minimum Gasteiger partial charge on any atom is -0.345 e. The van der Waals surface area contributed by atoms with Crippen molar-refractivity contribution in [3.05, 3.63) is 64.5 Å². The van der Waals surface area contributed by atoms with Crippen LogP contribution >= 0.6 is 0 Å². The minimum absolute atomic E-state index is 0.214. The van der Waals surface area contributed by atoms with Crippen LogP contribution in [0.4, 0.5) is 23.2 Å². The Morgan fingerprint density at radius 1 is 1.16 bits per heavy atom. The number of amides is 2. The highest BCUT2D eigenvalue weighted by molar-refractivity contribution is 6.07. The highest BCUT2D eigenvalue weighted by Crippen LogP contribution is 2.36. The summed E-state index contributed by atoms with van der Waals surface area (Å²) in [6, 6.07) is 6.38. The second kappa shape index (κ2) is 8.30. The standard InChI is InChI=1S/C22H21F4N3O2/c23-14-9-12(8-13(10-14)22(24,25)26)20(30)28-17-6-3-5-16-19(17)18(29-21(16)31)11-15-4-1-2-7-27-15/h3,5-6,8-10,15,18,27H,1-2,4,7,11H2,(H,28,30)(H,29,31)/t15-,18+/m0/s1. The van der Waals surface area contributed by atoms with Gasteiger partial charge in [-0.3, -0.25) is 9.59 Å². The maximum Gasteiger partial charge on any atom is 0.416 e. The molecule has 0 unspecified atom stereocenters. The number of alkyl halides is 3. The van der Waals surface area contributed by atoms with Gasteiger partial charge >= 0.3 is 6.18 Å². The fraction of sp³-hybridized carbons (Fsp3) is 0.364. The van der Waals surface area contributed by atoms with Gasteiger partial charge in [-0.05, 0) is 56.1 Å². The molecule has 0 radical (unpaired) electrons. The van der Waals surface area contributed by atoms with E-state index in [9.17, 15) is 27.2 Å². The molecule has 9 heteroatoms. The molecule has 2 atom stereocenters. The minimum atomic E-state index is -4.78. The quantitative estimate of drug-likeness (QED) is 0.623. The van der Waals surface area contributed by atoms with Gasteiger partial charge in [-0.2, -0.15) is 13.2 Å². The molecule has 0 bridgehead atoms. The Bertz CT molecular complexity index is 1020. The van der Waals surface area contributed by atoms with Crippen LogP contribution in [0.5, 0.6) is 0 Å². The van der Waals surface area contributed by atoms with Crippen LogP contribution in [-0.2, 0) is 6.18 Å². The molecular weight excluding hydrogens is 414 g/mol. The zero-order valence-electron chi connectivity index (χ0n) is 16.5. The zero-order chi connectivity index (χ0) is 22.2. The number of carbonyl (C=O) groups is 2. The lowest BCUT2D eigenvalue weighted by Gasteiger charge is -2.27. The largest absolute Gasteiger partial charge is 0.416 e. The third kappa shape index (κ3) is 4.56. The Labute approximate surface area is 176 Å². The van der Waals surface area contributed by atoms with Crippen molar-refractivity contribution in [2.24, 2.45) is 0 Å². The predicted molar refractivity (Wildman–Crippen MR) is 106 cm³/mol. The van der Waals surface area contributed by atoms with E-state index in [1.54, 1.807) is 18.2 Å². The number of nitrogens with one attached hydrogen (secondary N) is 3. The van der Waals surface area contributed by atoms with Gasteiger partial charge in [-0.15, -0.1) is 0 Å². The molecule has 3 N–H and O–H groups in total. The predicted octanol–water partition coefficient (Wildman–Crippen LogP) is 4.41. The summed E-state index contributed by atoms with van der Waals surface area (Å²) in [6.45, 7) is 0.900. The fourth-order valence-electron chi connectivity index (χ4n) is 4.22. The van der Waals surface area contributed by atoms with Crippen LogP contribution in [-0.4, -0.2) is 24.4 Å². The summed E-state index contributed by atoms with van der Waals surface area (Å²) in [6.07, 6.45) is -0.993. The average molecular weight is 435 g/mol.